The minimum absolute atomic E-state index is 0.293. The molecule has 1 atom stereocenters. The third kappa shape index (κ3) is 2.94. The monoisotopic (exact) mass is 314 g/mol. The SMILES string of the molecule is CNC(Cc1cn(C)nn1)c1cc(C)c(Br)s1. The van der Waals surface area contributed by atoms with Crippen molar-refractivity contribution in [3.8, 4) is 0 Å². The van der Waals surface area contributed by atoms with E-state index in [0.29, 0.717) is 6.04 Å². The summed E-state index contributed by atoms with van der Waals surface area (Å²) in [5.41, 5.74) is 2.29. The smallest absolute Gasteiger partial charge is 0.0846 e. The molecule has 0 aromatic carbocycles. The van der Waals surface area contributed by atoms with E-state index in [1.807, 2.05) is 20.3 Å². The molecule has 0 bridgehead atoms. The Morgan fingerprint density at radius 2 is 2.35 bits per heavy atom. The van der Waals surface area contributed by atoms with Gasteiger partial charge in [-0.05, 0) is 41.5 Å². The lowest BCUT2D eigenvalue weighted by atomic mass is 10.1. The maximum Gasteiger partial charge on any atom is 0.0846 e. The molecular formula is C11H15BrN4S. The van der Waals surface area contributed by atoms with Gasteiger partial charge < -0.3 is 5.32 Å². The molecule has 0 saturated heterocycles. The van der Waals surface area contributed by atoms with Crippen molar-refractivity contribution in [1.29, 1.82) is 0 Å². The number of rotatable bonds is 4. The van der Waals surface area contributed by atoms with Gasteiger partial charge in [0.2, 0.25) is 0 Å². The fourth-order valence-electron chi connectivity index (χ4n) is 1.70. The fraction of sp³-hybridized carbons (Fsp3) is 0.455. The van der Waals surface area contributed by atoms with Gasteiger partial charge in [-0.25, -0.2) is 0 Å². The second kappa shape index (κ2) is 5.29. The molecule has 2 aromatic rings. The Labute approximate surface area is 113 Å². The number of hydrogen-bond donors (Lipinski definition) is 1. The van der Waals surface area contributed by atoms with Gasteiger partial charge in [0.15, 0.2) is 0 Å². The van der Waals surface area contributed by atoms with Gasteiger partial charge in [-0.1, -0.05) is 5.21 Å². The average Bonchev–Trinajstić information content (AvgIpc) is 2.83. The van der Waals surface area contributed by atoms with Crippen molar-refractivity contribution in [3.63, 3.8) is 0 Å². The molecular weight excluding hydrogens is 300 g/mol. The summed E-state index contributed by atoms with van der Waals surface area (Å²) < 4.78 is 2.93. The van der Waals surface area contributed by atoms with Crippen LogP contribution in [0.3, 0.4) is 0 Å². The molecule has 4 nitrogen and oxygen atoms in total. The van der Waals surface area contributed by atoms with Gasteiger partial charge in [-0.15, -0.1) is 16.4 Å². The Balaban J connectivity index is 2.16. The van der Waals surface area contributed by atoms with Crippen LogP contribution in [0.15, 0.2) is 16.0 Å². The molecule has 0 aliphatic rings. The fourth-order valence-corrected chi connectivity index (χ4v) is 3.38. The van der Waals surface area contributed by atoms with Gasteiger partial charge in [0, 0.05) is 30.6 Å². The van der Waals surface area contributed by atoms with Crippen molar-refractivity contribution in [2.45, 2.75) is 19.4 Å². The second-order valence-corrected chi connectivity index (χ2v) is 6.44. The predicted molar refractivity (Wildman–Crippen MR) is 73.3 cm³/mol. The van der Waals surface area contributed by atoms with E-state index >= 15 is 0 Å². The summed E-state index contributed by atoms with van der Waals surface area (Å²) in [6.07, 6.45) is 2.82. The minimum atomic E-state index is 0.293. The van der Waals surface area contributed by atoms with Crippen LogP contribution in [0.5, 0.6) is 0 Å². The maximum atomic E-state index is 4.12. The normalized spacial score (nSPS) is 12.9. The predicted octanol–water partition coefficient (Wildman–Crippen LogP) is 2.45. The highest BCUT2D eigenvalue weighted by Crippen LogP contribution is 2.32. The Kier molecular flexibility index (Phi) is 3.96. The van der Waals surface area contributed by atoms with E-state index in [2.05, 4.69) is 44.5 Å². The van der Waals surface area contributed by atoms with Crippen molar-refractivity contribution in [3.05, 3.63) is 32.2 Å². The molecule has 0 amide bonds. The molecule has 0 saturated carbocycles. The summed E-state index contributed by atoms with van der Waals surface area (Å²) >= 11 is 5.33. The number of nitrogens with zero attached hydrogens (tertiary/aromatic N) is 3. The second-order valence-electron chi connectivity index (χ2n) is 4.03. The highest BCUT2D eigenvalue weighted by atomic mass is 79.9. The van der Waals surface area contributed by atoms with Gasteiger partial charge in [0.05, 0.1) is 9.48 Å². The lowest BCUT2D eigenvalue weighted by Gasteiger charge is -2.12. The molecule has 1 N–H and O–H groups in total. The average molecular weight is 315 g/mol. The van der Waals surface area contributed by atoms with Crippen molar-refractivity contribution < 1.29 is 0 Å². The number of thiophene rings is 1. The summed E-state index contributed by atoms with van der Waals surface area (Å²) in [7, 11) is 3.86. The molecule has 0 aliphatic heterocycles. The molecule has 17 heavy (non-hydrogen) atoms. The van der Waals surface area contributed by atoms with Crippen molar-refractivity contribution >= 4 is 27.3 Å². The summed E-state index contributed by atoms with van der Waals surface area (Å²) in [5.74, 6) is 0. The Hall–Kier alpha value is -0.720. The van der Waals surface area contributed by atoms with Gasteiger partial charge >= 0.3 is 0 Å². The van der Waals surface area contributed by atoms with Gasteiger partial charge in [0.25, 0.3) is 0 Å². The molecule has 2 aromatic heterocycles. The van der Waals surface area contributed by atoms with E-state index in [1.54, 1.807) is 16.0 Å². The first-order chi connectivity index (χ1) is 8.10. The first kappa shape index (κ1) is 12.7. The number of likely N-dealkylation sites (N-methyl/N-ethyl adjacent to an activating group) is 1. The summed E-state index contributed by atoms with van der Waals surface area (Å²) in [6.45, 7) is 2.11. The van der Waals surface area contributed by atoms with E-state index < -0.39 is 0 Å². The van der Waals surface area contributed by atoms with Crippen molar-refractivity contribution in [2.24, 2.45) is 7.05 Å². The molecule has 1 unspecified atom stereocenters. The van der Waals surface area contributed by atoms with Crippen molar-refractivity contribution in [2.75, 3.05) is 7.05 Å². The first-order valence-electron chi connectivity index (χ1n) is 5.38. The largest absolute Gasteiger partial charge is 0.312 e. The molecule has 0 fully saturated rings. The molecule has 0 spiro atoms. The van der Waals surface area contributed by atoms with Crippen LogP contribution < -0.4 is 5.32 Å². The molecule has 2 rings (SSSR count). The number of aromatic nitrogens is 3. The molecule has 92 valence electrons. The number of nitrogens with one attached hydrogen (secondary N) is 1. The van der Waals surface area contributed by atoms with E-state index in [1.165, 1.54) is 14.2 Å². The zero-order valence-electron chi connectivity index (χ0n) is 10.1. The van der Waals surface area contributed by atoms with Crippen LogP contribution in [0.4, 0.5) is 0 Å². The Morgan fingerprint density at radius 3 is 2.82 bits per heavy atom. The lowest BCUT2D eigenvalue weighted by Crippen LogP contribution is -2.17. The minimum Gasteiger partial charge on any atom is -0.312 e. The van der Waals surface area contributed by atoms with Crippen LogP contribution in [0.2, 0.25) is 0 Å². The van der Waals surface area contributed by atoms with E-state index in [4.69, 9.17) is 0 Å². The third-order valence-electron chi connectivity index (χ3n) is 2.63. The third-order valence-corrected chi connectivity index (χ3v) is 4.88. The highest BCUT2D eigenvalue weighted by molar-refractivity contribution is 9.11. The summed E-state index contributed by atoms with van der Waals surface area (Å²) in [5, 5.41) is 11.4. The maximum absolute atomic E-state index is 4.12. The van der Waals surface area contributed by atoms with E-state index in [9.17, 15) is 0 Å². The van der Waals surface area contributed by atoms with E-state index in [0.717, 1.165) is 12.1 Å². The van der Waals surface area contributed by atoms with Crippen LogP contribution in [0.25, 0.3) is 0 Å². The Morgan fingerprint density at radius 1 is 1.59 bits per heavy atom. The van der Waals surface area contributed by atoms with Crippen LogP contribution in [-0.4, -0.2) is 22.0 Å². The topological polar surface area (TPSA) is 42.7 Å². The zero-order valence-corrected chi connectivity index (χ0v) is 12.5. The molecule has 0 radical (unpaired) electrons. The number of halogens is 1. The standard InChI is InChI=1S/C11H15BrN4S/c1-7-4-10(17-11(7)12)9(13-2)5-8-6-16(3)15-14-8/h4,6,9,13H,5H2,1-3H3. The van der Waals surface area contributed by atoms with Crippen LogP contribution in [0, 0.1) is 6.92 Å². The van der Waals surface area contributed by atoms with Gasteiger partial charge in [-0.2, -0.15) is 0 Å². The highest BCUT2D eigenvalue weighted by Gasteiger charge is 2.15. The van der Waals surface area contributed by atoms with Gasteiger partial charge in [-0.3, -0.25) is 4.68 Å². The quantitative estimate of drug-likeness (QED) is 0.942. The van der Waals surface area contributed by atoms with Crippen LogP contribution >= 0.6 is 27.3 Å². The van der Waals surface area contributed by atoms with Crippen molar-refractivity contribution in [1.82, 2.24) is 20.3 Å². The number of aryl methyl sites for hydroxylation is 2. The van der Waals surface area contributed by atoms with Crippen LogP contribution in [-0.2, 0) is 13.5 Å². The van der Waals surface area contributed by atoms with Crippen LogP contribution in [0.1, 0.15) is 22.2 Å². The summed E-state index contributed by atoms with van der Waals surface area (Å²) in [6, 6.07) is 2.51. The molecule has 6 heteroatoms. The molecule has 2 heterocycles. The van der Waals surface area contributed by atoms with E-state index in [-0.39, 0.29) is 0 Å². The Bertz CT molecular complexity index is 486. The molecule has 0 aliphatic carbocycles. The summed E-state index contributed by atoms with van der Waals surface area (Å²) in [4.78, 5) is 1.32. The number of hydrogen-bond acceptors (Lipinski definition) is 4. The lowest BCUT2D eigenvalue weighted by molar-refractivity contribution is 0.593. The van der Waals surface area contributed by atoms with Gasteiger partial charge in [0.1, 0.15) is 0 Å². The first-order valence-corrected chi connectivity index (χ1v) is 6.99. The zero-order chi connectivity index (χ0) is 12.4.